The maximum absolute atomic E-state index is 12.7. The molecule has 0 saturated carbocycles. The van der Waals surface area contributed by atoms with Gasteiger partial charge in [0.05, 0.1) is 12.8 Å². The molecule has 174 valence electrons. The summed E-state index contributed by atoms with van der Waals surface area (Å²) >= 11 is 5.92. The lowest BCUT2D eigenvalue weighted by Crippen LogP contribution is -2.22. The molecule has 0 radical (unpaired) electrons. The van der Waals surface area contributed by atoms with Gasteiger partial charge in [-0.2, -0.15) is 0 Å². The normalized spacial score (nSPS) is 11.7. The largest absolute Gasteiger partial charge is 0.493 e. The second-order valence-electron chi connectivity index (χ2n) is 8.87. The molecule has 7 heteroatoms. The van der Waals surface area contributed by atoms with E-state index in [1.165, 1.54) is 0 Å². The highest BCUT2D eigenvalue weighted by Gasteiger charge is 2.12. The van der Waals surface area contributed by atoms with Crippen LogP contribution < -0.4 is 15.0 Å². The van der Waals surface area contributed by atoms with Gasteiger partial charge in [0.1, 0.15) is 0 Å². The number of benzene rings is 2. The van der Waals surface area contributed by atoms with Gasteiger partial charge in [-0.1, -0.05) is 55.5 Å². The SMILES string of the molecule is COc1cc(-n2ccc(/C=C/c3ccc(Cl)cc3)cc2=O)ccc1OCOCC[Si](C)(C)C. The lowest BCUT2D eigenvalue weighted by Gasteiger charge is -2.16. The molecule has 2 aromatic carbocycles. The molecule has 0 aliphatic rings. The molecule has 0 spiro atoms. The number of rotatable bonds is 10. The van der Waals surface area contributed by atoms with Crippen molar-refractivity contribution >= 4 is 31.8 Å². The Morgan fingerprint density at radius 3 is 2.33 bits per heavy atom. The van der Waals surface area contributed by atoms with E-state index in [9.17, 15) is 4.79 Å². The van der Waals surface area contributed by atoms with Crippen molar-refractivity contribution < 1.29 is 14.2 Å². The van der Waals surface area contributed by atoms with E-state index in [2.05, 4.69) is 19.6 Å². The first-order valence-electron chi connectivity index (χ1n) is 10.8. The Balaban J connectivity index is 1.68. The zero-order valence-corrected chi connectivity index (χ0v) is 21.3. The Morgan fingerprint density at radius 2 is 1.67 bits per heavy atom. The number of ether oxygens (including phenoxy) is 3. The Labute approximate surface area is 201 Å². The maximum atomic E-state index is 12.7. The van der Waals surface area contributed by atoms with E-state index in [4.69, 9.17) is 25.8 Å². The van der Waals surface area contributed by atoms with Gasteiger partial charge in [-0.05, 0) is 47.5 Å². The standard InChI is InChI=1S/C26H30ClNO4Si/c1-30-25-18-23(11-12-24(25)32-19-31-15-16-33(2,3)4)28-14-13-21(17-26(28)29)6-5-20-7-9-22(27)10-8-20/h5-14,17-18H,15-16,19H2,1-4H3/b6-5+. The minimum atomic E-state index is -1.13. The summed E-state index contributed by atoms with van der Waals surface area (Å²) in [6.45, 7) is 7.77. The predicted octanol–water partition coefficient (Wildman–Crippen LogP) is 6.36. The lowest BCUT2D eigenvalue weighted by molar-refractivity contribution is 0.0205. The van der Waals surface area contributed by atoms with Crippen LogP contribution >= 0.6 is 11.6 Å². The molecular formula is C26H30ClNO4Si. The molecule has 0 bridgehead atoms. The van der Waals surface area contributed by atoms with Crippen LogP contribution in [0.1, 0.15) is 11.1 Å². The maximum Gasteiger partial charge on any atom is 0.255 e. The van der Waals surface area contributed by atoms with Gasteiger partial charge in [-0.3, -0.25) is 9.36 Å². The lowest BCUT2D eigenvalue weighted by atomic mass is 10.1. The quantitative estimate of drug-likeness (QED) is 0.191. The highest BCUT2D eigenvalue weighted by Crippen LogP contribution is 2.29. The predicted molar refractivity (Wildman–Crippen MR) is 139 cm³/mol. The second-order valence-corrected chi connectivity index (χ2v) is 14.9. The summed E-state index contributed by atoms with van der Waals surface area (Å²) in [5.74, 6) is 1.12. The fraction of sp³-hybridized carbons (Fsp3) is 0.269. The molecule has 0 aliphatic heterocycles. The summed E-state index contributed by atoms with van der Waals surface area (Å²) in [7, 11) is 0.445. The van der Waals surface area contributed by atoms with E-state index in [1.807, 2.05) is 48.6 Å². The zero-order valence-electron chi connectivity index (χ0n) is 19.5. The van der Waals surface area contributed by atoms with E-state index in [0.717, 1.165) is 17.2 Å². The molecule has 0 N–H and O–H groups in total. The molecule has 5 nitrogen and oxygen atoms in total. The summed E-state index contributed by atoms with van der Waals surface area (Å²) in [4.78, 5) is 12.7. The average Bonchev–Trinajstić information content (AvgIpc) is 2.78. The summed E-state index contributed by atoms with van der Waals surface area (Å²) < 4.78 is 18.4. The molecule has 0 saturated heterocycles. The Morgan fingerprint density at radius 1 is 0.939 bits per heavy atom. The fourth-order valence-corrected chi connectivity index (χ4v) is 3.93. The highest BCUT2D eigenvalue weighted by atomic mass is 35.5. The number of halogens is 1. The van der Waals surface area contributed by atoms with E-state index in [1.54, 1.807) is 36.1 Å². The van der Waals surface area contributed by atoms with Crippen LogP contribution in [0.15, 0.2) is 65.6 Å². The van der Waals surface area contributed by atoms with Crippen molar-refractivity contribution in [1.82, 2.24) is 4.57 Å². The van der Waals surface area contributed by atoms with Gasteiger partial charge < -0.3 is 14.2 Å². The van der Waals surface area contributed by atoms with Crippen molar-refractivity contribution in [2.24, 2.45) is 0 Å². The van der Waals surface area contributed by atoms with Crippen LogP contribution in [-0.4, -0.2) is 33.2 Å². The van der Waals surface area contributed by atoms with E-state index in [-0.39, 0.29) is 12.4 Å². The highest BCUT2D eigenvalue weighted by molar-refractivity contribution is 6.76. The summed E-state index contributed by atoms with van der Waals surface area (Å²) in [5.41, 5.74) is 2.37. The Kier molecular flexibility index (Phi) is 8.55. The Bertz CT molecular complexity index is 1150. The Hall–Kier alpha value is -2.80. The first-order valence-corrected chi connectivity index (χ1v) is 14.9. The van der Waals surface area contributed by atoms with Crippen molar-refractivity contribution in [3.8, 4) is 17.2 Å². The van der Waals surface area contributed by atoms with Crippen LogP contribution in [0, 0.1) is 0 Å². The van der Waals surface area contributed by atoms with Crippen LogP contribution in [0.3, 0.4) is 0 Å². The summed E-state index contributed by atoms with van der Waals surface area (Å²) in [5, 5.41) is 0.691. The number of hydrogen-bond donors (Lipinski definition) is 0. The fourth-order valence-electron chi connectivity index (χ4n) is 3.05. The molecule has 0 atom stereocenters. The van der Waals surface area contributed by atoms with Gasteiger partial charge in [0.15, 0.2) is 18.3 Å². The van der Waals surface area contributed by atoms with Crippen molar-refractivity contribution in [2.45, 2.75) is 25.7 Å². The zero-order chi connectivity index (χ0) is 23.8. The molecule has 3 rings (SSSR count). The molecule has 1 aromatic heterocycles. The molecule has 3 aromatic rings. The number of hydrogen-bond acceptors (Lipinski definition) is 4. The number of nitrogens with zero attached hydrogens (tertiary/aromatic N) is 1. The van der Waals surface area contributed by atoms with Crippen molar-refractivity contribution in [3.63, 3.8) is 0 Å². The van der Waals surface area contributed by atoms with Crippen LogP contribution in [0.25, 0.3) is 17.8 Å². The molecule has 0 amide bonds. The van der Waals surface area contributed by atoms with Crippen LogP contribution in [0.5, 0.6) is 11.5 Å². The number of aromatic nitrogens is 1. The van der Waals surface area contributed by atoms with Gasteiger partial charge in [0, 0.05) is 38.0 Å². The van der Waals surface area contributed by atoms with E-state index < -0.39 is 8.07 Å². The van der Waals surface area contributed by atoms with Gasteiger partial charge in [-0.15, -0.1) is 0 Å². The average molecular weight is 484 g/mol. The minimum absolute atomic E-state index is 0.140. The van der Waals surface area contributed by atoms with Crippen LogP contribution in [0.2, 0.25) is 30.7 Å². The van der Waals surface area contributed by atoms with Gasteiger partial charge >= 0.3 is 0 Å². The monoisotopic (exact) mass is 483 g/mol. The van der Waals surface area contributed by atoms with Crippen LogP contribution in [0.4, 0.5) is 0 Å². The third-order valence-corrected chi connectivity index (χ3v) is 6.96. The van der Waals surface area contributed by atoms with Crippen molar-refractivity contribution in [1.29, 1.82) is 0 Å². The second kappa shape index (κ2) is 11.4. The van der Waals surface area contributed by atoms with Crippen molar-refractivity contribution in [2.75, 3.05) is 20.5 Å². The smallest absolute Gasteiger partial charge is 0.255 e. The molecule has 0 aliphatic carbocycles. The third kappa shape index (κ3) is 7.63. The topological polar surface area (TPSA) is 49.7 Å². The first-order chi connectivity index (χ1) is 15.7. The minimum Gasteiger partial charge on any atom is -0.493 e. The molecule has 1 heterocycles. The number of methoxy groups -OCH3 is 1. The van der Waals surface area contributed by atoms with E-state index >= 15 is 0 Å². The summed E-state index contributed by atoms with van der Waals surface area (Å²) in [6.07, 6.45) is 5.59. The van der Waals surface area contributed by atoms with Gasteiger partial charge in [0.25, 0.3) is 5.56 Å². The molecular weight excluding hydrogens is 454 g/mol. The van der Waals surface area contributed by atoms with Gasteiger partial charge in [0.2, 0.25) is 0 Å². The molecule has 0 fully saturated rings. The van der Waals surface area contributed by atoms with Gasteiger partial charge in [-0.25, -0.2) is 0 Å². The van der Waals surface area contributed by atoms with Crippen molar-refractivity contribution in [3.05, 3.63) is 87.3 Å². The van der Waals surface area contributed by atoms with E-state index in [0.29, 0.717) is 28.8 Å². The summed E-state index contributed by atoms with van der Waals surface area (Å²) in [6, 6.07) is 17.5. The first kappa shape index (κ1) is 24.8. The molecule has 33 heavy (non-hydrogen) atoms. The van der Waals surface area contributed by atoms with Crippen LogP contribution in [-0.2, 0) is 4.74 Å². The number of pyridine rings is 1. The molecule has 0 unspecified atom stereocenters. The third-order valence-electron chi connectivity index (χ3n) is 5.00.